The lowest BCUT2D eigenvalue weighted by atomic mass is 9.82. The van der Waals surface area contributed by atoms with Crippen molar-refractivity contribution in [3.8, 4) is 0 Å². The van der Waals surface area contributed by atoms with E-state index < -0.39 is 0 Å². The maximum absolute atomic E-state index is 13.6. The summed E-state index contributed by atoms with van der Waals surface area (Å²) in [5.74, 6) is 3.04. The van der Waals surface area contributed by atoms with Gasteiger partial charge in [0.15, 0.2) is 0 Å². The topological polar surface area (TPSA) is 12.0 Å². The number of rotatable bonds is 3. The standard InChI is InChI=1S/C18H24FNS/c19-14-6-7-18-16(11-14)17(8-9-21-18)20-15-3-1-2-13(10-15)12-4-5-12/h6-7,11-13,15,17,20H,1-5,8-10H2. The van der Waals surface area contributed by atoms with Crippen molar-refractivity contribution in [3.05, 3.63) is 29.6 Å². The first kappa shape index (κ1) is 14.1. The summed E-state index contributed by atoms with van der Waals surface area (Å²) in [6.45, 7) is 0. The Morgan fingerprint density at radius 2 is 1.95 bits per heavy atom. The van der Waals surface area contributed by atoms with Crippen LogP contribution in [0.5, 0.6) is 0 Å². The van der Waals surface area contributed by atoms with Gasteiger partial charge in [0.2, 0.25) is 0 Å². The first-order chi connectivity index (χ1) is 10.3. The Hall–Kier alpha value is -0.540. The van der Waals surface area contributed by atoms with E-state index in [9.17, 15) is 4.39 Å². The van der Waals surface area contributed by atoms with Crippen LogP contribution in [-0.2, 0) is 0 Å². The van der Waals surface area contributed by atoms with Gasteiger partial charge >= 0.3 is 0 Å². The van der Waals surface area contributed by atoms with Crippen LogP contribution >= 0.6 is 11.8 Å². The average Bonchev–Trinajstić information content (AvgIpc) is 3.33. The van der Waals surface area contributed by atoms with Crippen LogP contribution in [0.4, 0.5) is 4.39 Å². The normalized spacial score (nSPS) is 32.7. The summed E-state index contributed by atoms with van der Waals surface area (Å²) < 4.78 is 13.6. The molecule has 1 nitrogen and oxygen atoms in total. The third kappa shape index (κ3) is 3.14. The van der Waals surface area contributed by atoms with Crippen LogP contribution in [0.15, 0.2) is 23.1 Å². The second-order valence-electron chi connectivity index (χ2n) is 7.00. The fourth-order valence-electron chi connectivity index (χ4n) is 4.20. The lowest BCUT2D eigenvalue weighted by Gasteiger charge is -2.35. The zero-order chi connectivity index (χ0) is 14.2. The van der Waals surface area contributed by atoms with Crippen LogP contribution in [0.2, 0.25) is 0 Å². The molecule has 1 heterocycles. The van der Waals surface area contributed by atoms with Crippen molar-refractivity contribution in [1.29, 1.82) is 0 Å². The van der Waals surface area contributed by atoms with Gasteiger partial charge in [0.25, 0.3) is 0 Å². The summed E-state index contributed by atoms with van der Waals surface area (Å²) in [5, 5.41) is 3.87. The van der Waals surface area contributed by atoms with E-state index in [4.69, 9.17) is 0 Å². The van der Waals surface area contributed by atoms with E-state index >= 15 is 0 Å². The number of fused-ring (bicyclic) bond motifs is 1. The quantitative estimate of drug-likeness (QED) is 0.850. The lowest BCUT2D eigenvalue weighted by molar-refractivity contribution is 0.244. The average molecular weight is 305 g/mol. The van der Waals surface area contributed by atoms with Gasteiger partial charge in [-0.05, 0) is 73.5 Å². The summed E-state index contributed by atoms with van der Waals surface area (Å²) in [7, 11) is 0. The van der Waals surface area contributed by atoms with Gasteiger partial charge in [-0.2, -0.15) is 0 Å². The Bertz CT molecular complexity index is 514. The maximum atomic E-state index is 13.6. The van der Waals surface area contributed by atoms with Crippen LogP contribution in [0.1, 0.15) is 56.6 Å². The van der Waals surface area contributed by atoms with Gasteiger partial charge in [-0.25, -0.2) is 4.39 Å². The molecule has 0 saturated heterocycles. The van der Waals surface area contributed by atoms with E-state index in [-0.39, 0.29) is 5.82 Å². The number of hydrogen-bond donors (Lipinski definition) is 1. The Balaban J connectivity index is 1.46. The number of nitrogens with one attached hydrogen (secondary N) is 1. The number of thioether (sulfide) groups is 1. The van der Waals surface area contributed by atoms with Gasteiger partial charge in [0, 0.05) is 17.0 Å². The molecule has 0 bridgehead atoms. The van der Waals surface area contributed by atoms with E-state index in [1.165, 1.54) is 49.0 Å². The molecule has 3 atom stereocenters. The smallest absolute Gasteiger partial charge is 0.123 e. The second-order valence-corrected chi connectivity index (χ2v) is 8.14. The molecule has 2 aliphatic carbocycles. The third-order valence-electron chi connectivity index (χ3n) is 5.45. The highest BCUT2D eigenvalue weighted by Crippen LogP contribution is 2.44. The molecule has 0 spiro atoms. The second kappa shape index (κ2) is 5.92. The molecular formula is C18H24FNS. The maximum Gasteiger partial charge on any atom is 0.123 e. The number of benzene rings is 1. The predicted octanol–water partition coefficient (Wildman–Crippen LogP) is 4.92. The zero-order valence-corrected chi connectivity index (χ0v) is 13.3. The monoisotopic (exact) mass is 305 g/mol. The molecule has 0 radical (unpaired) electrons. The molecule has 3 heteroatoms. The number of hydrogen-bond acceptors (Lipinski definition) is 2. The predicted molar refractivity (Wildman–Crippen MR) is 86.1 cm³/mol. The van der Waals surface area contributed by atoms with Gasteiger partial charge in [0.1, 0.15) is 5.82 Å². The van der Waals surface area contributed by atoms with Crippen molar-refractivity contribution in [1.82, 2.24) is 5.32 Å². The molecule has 21 heavy (non-hydrogen) atoms. The summed E-state index contributed by atoms with van der Waals surface area (Å²) in [5.41, 5.74) is 1.19. The molecule has 1 aliphatic heterocycles. The van der Waals surface area contributed by atoms with E-state index in [0.29, 0.717) is 12.1 Å². The molecule has 3 aliphatic rings. The minimum absolute atomic E-state index is 0.0949. The van der Waals surface area contributed by atoms with Crippen molar-refractivity contribution in [2.75, 3.05) is 5.75 Å². The fraction of sp³-hybridized carbons (Fsp3) is 0.667. The summed E-state index contributed by atoms with van der Waals surface area (Å²) in [4.78, 5) is 1.27. The minimum atomic E-state index is -0.0949. The molecule has 4 rings (SSSR count). The highest BCUT2D eigenvalue weighted by atomic mass is 32.2. The molecule has 114 valence electrons. The molecule has 2 fully saturated rings. The summed E-state index contributed by atoms with van der Waals surface area (Å²) in [6, 6.07) is 6.31. The Morgan fingerprint density at radius 1 is 1.05 bits per heavy atom. The van der Waals surface area contributed by atoms with Gasteiger partial charge in [-0.15, -0.1) is 11.8 Å². The van der Waals surface area contributed by atoms with Crippen LogP contribution in [0.3, 0.4) is 0 Å². The van der Waals surface area contributed by atoms with Gasteiger partial charge in [-0.3, -0.25) is 0 Å². The molecule has 2 saturated carbocycles. The largest absolute Gasteiger partial charge is 0.307 e. The van der Waals surface area contributed by atoms with Crippen molar-refractivity contribution in [2.24, 2.45) is 11.8 Å². The first-order valence-corrected chi connectivity index (χ1v) is 9.46. The third-order valence-corrected chi connectivity index (χ3v) is 6.57. The van der Waals surface area contributed by atoms with Crippen LogP contribution in [0, 0.1) is 17.7 Å². The molecular weight excluding hydrogens is 281 g/mol. The fourth-order valence-corrected chi connectivity index (χ4v) is 5.30. The SMILES string of the molecule is Fc1ccc2c(c1)C(NC1CCCC(C3CC3)C1)CCS2. The Morgan fingerprint density at radius 3 is 2.81 bits per heavy atom. The highest BCUT2D eigenvalue weighted by Gasteiger charge is 2.35. The molecule has 1 aromatic carbocycles. The zero-order valence-electron chi connectivity index (χ0n) is 12.5. The van der Waals surface area contributed by atoms with Crippen LogP contribution in [0.25, 0.3) is 0 Å². The van der Waals surface area contributed by atoms with Crippen LogP contribution in [-0.4, -0.2) is 11.8 Å². The molecule has 1 aromatic rings. The van der Waals surface area contributed by atoms with Crippen molar-refractivity contribution in [2.45, 2.75) is 61.9 Å². The number of halogens is 1. The van der Waals surface area contributed by atoms with E-state index in [1.807, 2.05) is 17.8 Å². The van der Waals surface area contributed by atoms with Crippen LogP contribution < -0.4 is 5.32 Å². The van der Waals surface area contributed by atoms with Crippen molar-refractivity contribution in [3.63, 3.8) is 0 Å². The molecule has 0 amide bonds. The van der Waals surface area contributed by atoms with E-state index in [0.717, 1.165) is 24.0 Å². The van der Waals surface area contributed by atoms with Gasteiger partial charge < -0.3 is 5.32 Å². The summed E-state index contributed by atoms with van der Waals surface area (Å²) in [6.07, 6.45) is 9.52. The Labute approximate surface area is 131 Å². The van der Waals surface area contributed by atoms with Gasteiger partial charge in [0.05, 0.1) is 0 Å². The first-order valence-electron chi connectivity index (χ1n) is 8.48. The highest BCUT2D eigenvalue weighted by molar-refractivity contribution is 7.99. The summed E-state index contributed by atoms with van der Waals surface area (Å²) >= 11 is 1.87. The molecule has 3 unspecified atom stereocenters. The van der Waals surface area contributed by atoms with Crippen molar-refractivity contribution >= 4 is 11.8 Å². The minimum Gasteiger partial charge on any atom is -0.307 e. The molecule has 0 aromatic heterocycles. The van der Waals surface area contributed by atoms with E-state index in [2.05, 4.69) is 5.32 Å². The lowest BCUT2D eigenvalue weighted by Crippen LogP contribution is -2.38. The van der Waals surface area contributed by atoms with E-state index in [1.54, 1.807) is 12.1 Å². The van der Waals surface area contributed by atoms with Gasteiger partial charge in [-0.1, -0.05) is 12.8 Å². The van der Waals surface area contributed by atoms with Crippen molar-refractivity contribution < 1.29 is 4.39 Å². The Kier molecular flexibility index (Phi) is 3.97. The molecule has 1 N–H and O–H groups in total.